The van der Waals surface area contributed by atoms with Gasteiger partial charge in [0, 0.05) is 45.0 Å². The highest BCUT2D eigenvalue weighted by Crippen LogP contribution is 2.38. The van der Waals surface area contributed by atoms with Crippen LogP contribution in [0.1, 0.15) is 12.8 Å². The Morgan fingerprint density at radius 1 is 1.03 bits per heavy atom. The van der Waals surface area contributed by atoms with E-state index < -0.39 is 5.12 Å². The van der Waals surface area contributed by atoms with Crippen LogP contribution in [0.2, 0.25) is 0 Å². The van der Waals surface area contributed by atoms with Gasteiger partial charge in [-0.1, -0.05) is 29.8 Å². The fourth-order valence-corrected chi connectivity index (χ4v) is 4.36. The van der Waals surface area contributed by atoms with Crippen molar-refractivity contribution in [2.75, 3.05) is 54.8 Å². The molecule has 0 bridgehead atoms. The summed E-state index contributed by atoms with van der Waals surface area (Å²) in [5.74, 6) is 1.96. The number of aromatic nitrogens is 2. The first-order valence-electron chi connectivity index (χ1n) is 10.2. The van der Waals surface area contributed by atoms with E-state index in [4.69, 9.17) is 21.6 Å². The summed E-state index contributed by atoms with van der Waals surface area (Å²) >= 11 is 7.16. The molecule has 0 aliphatic carbocycles. The Morgan fingerprint density at radius 3 is 2.55 bits per heavy atom. The highest BCUT2D eigenvalue weighted by atomic mass is 35.5. The van der Waals surface area contributed by atoms with E-state index in [0.29, 0.717) is 17.6 Å². The number of hydrogen-bond acceptors (Lipinski definition) is 8. The van der Waals surface area contributed by atoms with Crippen molar-refractivity contribution in [3.05, 3.63) is 36.5 Å². The molecule has 4 heterocycles. The lowest BCUT2D eigenvalue weighted by atomic mass is 10.2. The van der Waals surface area contributed by atoms with E-state index >= 15 is 0 Å². The quantitative estimate of drug-likeness (QED) is 0.527. The summed E-state index contributed by atoms with van der Waals surface area (Å²) in [6.07, 6.45) is 4.05. The molecular weight excluding hydrogens is 388 g/mol. The fraction of sp³-hybridized carbons (Fsp3) is 0.450. The second-order valence-electron chi connectivity index (χ2n) is 7.54. The molecule has 2 aromatic rings. The number of likely N-dealkylation sites (tertiary alicyclic amines) is 1. The number of rotatable bonds is 3. The van der Waals surface area contributed by atoms with Crippen molar-refractivity contribution >= 4 is 40.6 Å². The minimum Gasteiger partial charge on any atom is -0.344 e. The molecule has 29 heavy (non-hydrogen) atoms. The van der Waals surface area contributed by atoms with Crippen LogP contribution in [0, 0.1) is 0 Å². The molecule has 8 nitrogen and oxygen atoms in total. The van der Waals surface area contributed by atoms with Crippen molar-refractivity contribution in [1.82, 2.24) is 20.2 Å². The molecule has 3 aliphatic rings. The standard InChI is InChI=1S/C20H25ClN8/c21-20(29-10-4-5-11-29)18(24-15-6-2-1-3-7-15)25-17-16(27-20)14-23-19(26-17)28-12-8-22-9-13-28/h1-3,6-7,14,22,27H,4-5,8-13H2,(H,23,24,25,26). The van der Waals surface area contributed by atoms with Gasteiger partial charge in [-0.15, -0.1) is 0 Å². The lowest BCUT2D eigenvalue weighted by molar-refractivity contribution is 0.287. The molecule has 3 N–H and O–H groups in total. The van der Waals surface area contributed by atoms with Crippen molar-refractivity contribution in [1.29, 1.82) is 0 Å². The van der Waals surface area contributed by atoms with Crippen LogP contribution < -0.4 is 20.9 Å². The lowest BCUT2D eigenvalue weighted by Gasteiger charge is -2.40. The molecule has 1 unspecified atom stereocenters. The van der Waals surface area contributed by atoms with E-state index in [-0.39, 0.29) is 0 Å². The number of aliphatic imine (C=N–C) groups is 1. The first-order chi connectivity index (χ1) is 14.2. The number of amidine groups is 1. The van der Waals surface area contributed by atoms with Gasteiger partial charge in [-0.3, -0.25) is 4.90 Å². The van der Waals surface area contributed by atoms with Crippen molar-refractivity contribution in [3.63, 3.8) is 0 Å². The van der Waals surface area contributed by atoms with Gasteiger partial charge in [0.25, 0.3) is 0 Å². The largest absolute Gasteiger partial charge is 0.344 e. The molecule has 3 aliphatic heterocycles. The summed E-state index contributed by atoms with van der Waals surface area (Å²) in [5, 5.41) is 9.28. The van der Waals surface area contributed by atoms with Gasteiger partial charge in [0.2, 0.25) is 11.1 Å². The van der Waals surface area contributed by atoms with Crippen LogP contribution in [0.25, 0.3) is 0 Å². The number of nitrogens with one attached hydrogen (secondary N) is 3. The maximum absolute atomic E-state index is 7.16. The van der Waals surface area contributed by atoms with Gasteiger partial charge in [-0.25, -0.2) is 9.98 Å². The Balaban J connectivity index is 1.51. The highest BCUT2D eigenvalue weighted by molar-refractivity contribution is 6.39. The number of alkyl halides is 1. The summed E-state index contributed by atoms with van der Waals surface area (Å²) in [6.45, 7) is 5.48. The van der Waals surface area contributed by atoms with Crippen molar-refractivity contribution in [3.8, 4) is 0 Å². The molecular formula is C20H25ClN8. The normalized spacial score (nSPS) is 24.6. The molecule has 0 spiro atoms. The van der Waals surface area contributed by atoms with E-state index in [1.807, 2.05) is 30.3 Å². The van der Waals surface area contributed by atoms with Crippen LogP contribution in [-0.2, 0) is 0 Å². The van der Waals surface area contributed by atoms with Crippen LogP contribution in [0.15, 0.2) is 41.5 Å². The average Bonchev–Trinajstić information content (AvgIpc) is 3.31. The molecule has 2 fully saturated rings. The molecule has 152 valence electrons. The molecule has 0 saturated carbocycles. The predicted octanol–water partition coefficient (Wildman–Crippen LogP) is 2.44. The maximum Gasteiger partial charge on any atom is 0.228 e. The van der Waals surface area contributed by atoms with Gasteiger partial charge in [0.05, 0.1) is 6.20 Å². The number of hydrogen-bond donors (Lipinski definition) is 3. The topological polar surface area (TPSA) is 80.7 Å². The van der Waals surface area contributed by atoms with E-state index in [1.165, 1.54) is 0 Å². The highest BCUT2D eigenvalue weighted by Gasteiger charge is 2.45. The van der Waals surface area contributed by atoms with Gasteiger partial charge < -0.3 is 20.9 Å². The molecule has 2 saturated heterocycles. The minimum atomic E-state index is -0.945. The van der Waals surface area contributed by atoms with Crippen molar-refractivity contribution in [2.45, 2.75) is 18.0 Å². The summed E-state index contributed by atoms with van der Waals surface area (Å²) in [7, 11) is 0. The molecule has 9 heteroatoms. The third-order valence-electron chi connectivity index (χ3n) is 5.57. The first kappa shape index (κ1) is 18.6. The zero-order valence-electron chi connectivity index (χ0n) is 16.2. The van der Waals surface area contributed by atoms with Crippen LogP contribution in [0.5, 0.6) is 0 Å². The number of para-hydroxylation sites is 1. The van der Waals surface area contributed by atoms with Gasteiger partial charge >= 0.3 is 0 Å². The first-order valence-corrected chi connectivity index (χ1v) is 10.6. The van der Waals surface area contributed by atoms with Gasteiger partial charge in [-0.2, -0.15) is 4.98 Å². The SMILES string of the molecule is ClC1(N2CCCC2)Nc2cnc(N3CCNCC3)nc2N=C1Nc1ccccc1. The third kappa shape index (κ3) is 3.63. The summed E-state index contributed by atoms with van der Waals surface area (Å²) in [5.41, 5.74) is 1.70. The second-order valence-corrected chi connectivity index (χ2v) is 8.08. The molecule has 1 aromatic carbocycles. The predicted molar refractivity (Wildman–Crippen MR) is 117 cm³/mol. The fourth-order valence-electron chi connectivity index (χ4n) is 4.00. The lowest BCUT2D eigenvalue weighted by Crippen LogP contribution is -2.58. The third-order valence-corrected chi connectivity index (χ3v) is 6.08. The number of benzene rings is 1. The van der Waals surface area contributed by atoms with E-state index in [9.17, 15) is 0 Å². The Labute approximate surface area is 175 Å². The number of halogens is 1. The molecule has 5 rings (SSSR count). The monoisotopic (exact) mass is 412 g/mol. The molecule has 1 aromatic heterocycles. The zero-order chi connectivity index (χ0) is 19.7. The molecule has 0 radical (unpaired) electrons. The van der Waals surface area contributed by atoms with E-state index in [1.54, 1.807) is 6.20 Å². The molecule has 0 amide bonds. The second kappa shape index (κ2) is 7.78. The van der Waals surface area contributed by atoms with Gasteiger partial charge in [0.1, 0.15) is 5.69 Å². The Morgan fingerprint density at radius 2 is 1.79 bits per heavy atom. The summed E-state index contributed by atoms with van der Waals surface area (Å²) in [4.78, 5) is 18.6. The number of nitrogens with zero attached hydrogens (tertiary/aromatic N) is 5. The molecule has 1 atom stereocenters. The number of anilines is 3. The minimum absolute atomic E-state index is 0.613. The smallest absolute Gasteiger partial charge is 0.228 e. The van der Waals surface area contributed by atoms with Gasteiger partial charge in [0.15, 0.2) is 11.7 Å². The van der Waals surface area contributed by atoms with Crippen LogP contribution in [-0.4, -0.2) is 65.1 Å². The maximum atomic E-state index is 7.16. The summed E-state index contributed by atoms with van der Waals surface area (Å²) < 4.78 is 0. The van der Waals surface area contributed by atoms with Crippen molar-refractivity contribution < 1.29 is 0 Å². The zero-order valence-corrected chi connectivity index (χ0v) is 17.0. The Hall–Kier alpha value is -2.42. The van der Waals surface area contributed by atoms with Crippen LogP contribution in [0.4, 0.5) is 23.1 Å². The van der Waals surface area contributed by atoms with Crippen molar-refractivity contribution in [2.24, 2.45) is 4.99 Å². The Bertz CT molecular complexity index is 893. The average molecular weight is 413 g/mol. The summed E-state index contributed by atoms with van der Waals surface area (Å²) in [6, 6.07) is 9.98. The number of piperazine rings is 1. The van der Waals surface area contributed by atoms with Gasteiger partial charge in [-0.05, 0) is 25.0 Å². The van der Waals surface area contributed by atoms with Crippen LogP contribution >= 0.6 is 11.6 Å². The number of fused-ring (bicyclic) bond motifs is 1. The van der Waals surface area contributed by atoms with Crippen LogP contribution in [0.3, 0.4) is 0 Å². The van der Waals surface area contributed by atoms with E-state index in [0.717, 1.165) is 63.5 Å². The Kier molecular flexibility index (Phi) is 4.99. The van der Waals surface area contributed by atoms with E-state index in [2.05, 4.69) is 30.7 Å².